The van der Waals surface area contributed by atoms with E-state index in [1.165, 1.54) is 7.11 Å². The third-order valence-corrected chi connectivity index (χ3v) is 1.71. The van der Waals surface area contributed by atoms with Gasteiger partial charge in [0.25, 0.3) is 0 Å². The van der Waals surface area contributed by atoms with Crippen molar-refractivity contribution in [2.75, 3.05) is 13.7 Å². The van der Waals surface area contributed by atoms with Crippen molar-refractivity contribution >= 4 is 11.8 Å². The van der Waals surface area contributed by atoms with Gasteiger partial charge in [-0.1, -0.05) is 19.1 Å². The molecule has 0 aliphatic heterocycles. The molecule has 1 unspecified atom stereocenters. The average Bonchev–Trinajstić information content (AvgIpc) is 2.15. The molecule has 4 nitrogen and oxygen atoms in total. The SMILES string of the molecule is COC(=O)C(C)C/C=C/CN=C(C)N. The van der Waals surface area contributed by atoms with Crippen LogP contribution in [0.3, 0.4) is 0 Å². The highest BCUT2D eigenvalue weighted by molar-refractivity contribution is 5.77. The molecule has 0 rings (SSSR count). The van der Waals surface area contributed by atoms with E-state index in [2.05, 4.69) is 9.73 Å². The van der Waals surface area contributed by atoms with E-state index >= 15 is 0 Å². The van der Waals surface area contributed by atoms with Gasteiger partial charge in [0.2, 0.25) is 0 Å². The highest BCUT2D eigenvalue weighted by Gasteiger charge is 2.09. The molecule has 0 aromatic rings. The van der Waals surface area contributed by atoms with Crippen molar-refractivity contribution in [2.45, 2.75) is 20.3 Å². The quantitative estimate of drug-likeness (QED) is 0.311. The van der Waals surface area contributed by atoms with Crippen molar-refractivity contribution in [1.29, 1.82) is 0 Å². The average molecular weight is 198 g/mol. The van der Waals surface area contributed by atoms with Crippen LogP contribution in [0.1, 0.15) is 20.3 Å². The van der Waals surface area contributed by atoms with Gasteiger partial charge in [-0.15, -0.1) is 0 Å². The van der Waals surface area contributed by atoms with E-state index in [9.17, 15) is 4.79 Å². The minimum atomic E-state index is -0.187. The van der Waals surface area contributed by atoms with Gasteiger partial charge in [0.15, 0.2) is 0 Å². The maximum Gasteiger partial charge on any atom is 0.308 e. The molecule has 0 saturated carbocycles. The summed E-state index contributed by atoms with van der Waals surface area (Å²) >= 11 is 0. The molecule has 0 aliphatic carbocycles. The number of aliphatic imine (C=N–C) groups is 1. The Kier molecular flexibility index (Phi) is 6.45. The summed E-state index contributed by atoms with van der Waals surface area (Å²) in [5, 5.41) is 0. The Balaban J connectivity index is 3.71. The lowest BCUT2D eigenvalue weighted by Gasteiger charge is -2.04. The molecule has 1 atom stereocenters. The lowest BCUT2D eigenvalue weighted by atomic mass is 10.1. The number of esters is 1. The van der Waals surface area contributed by atoms with Crippen LogP contribution in [0.4, 0.5) is 0 Å². The van der Waals surface area contributed by atoms with Crippen molar-refractivity contribution in [3.8, 4) is 0 Å². The fraction of sp³-hybridized carbons (Fsp3) is 0.600. The number of methoxy groups -OCH3 is 1. The Morgan fingerprint density at radius 2 is 2.21 bits per heavy atom. The molecule has 0 radical (unpaired) electrons. The summed E-state index contributed by atoms with van der Waals surface area (Å²) in [7, 11) is 1.39. The molecule has 0 aromatic carbocycles. The molecule has 0 aromatic heterocycles. The number of nitrogens with zero attached hydrogens (tertiary/aromatic N) is 1. The number of nitrogens with two attached hydrogens (primary N) is 1. The fourth-order valence-electron chi connectivity index (χ4n) is 0.869. The Bertz CT molecular complexity index is 230. The van der Waals surface area contributed by atoms with Crippen molar-refractivity contribution in [2.24, 2.45) is 16.6 Å². The molecule has 0 heterocycles. The summed E-state index contributed by atoms with van der Waals surface area (Å²) in [5.74, 6) is 0.281. The van der Waals surface area contributed by atoms with E-state index in [0.717, 1.165) is 0 Å². The van der Waals surface area contributed by atoms with E-state index in [1.54, 1.807) is 6.92 Å². The molecular formula is C10H18N2O2. The van der Waals surface area contributed by atoms with Crippen LogP contribution in [0.5, 0.6) is 0 Å². The third-order valence-electron chi connectivity index (χ3n) is 1.71. The molecule has 14 heavy (non-hydrogen) atoms. The highest BCUT2D eigenvalue weighted by Crippen LogP contribution is 2.04. The van der Waals surface area contributed by atoms with Crippen LogP contribution in [0, 0.1) is 5.92 Å². The summed E-state index contributed by atoms with van der Waals surface area (Å²) in [6.45, 7) is 4.13. The molecule has 2 N–H and O–H groups in total. The predicted octanol–water partition coefficient (Wildman–Crippen LogP) is 1.12. The largest absolute Gasteiger partial charge is 0.469 e. The summed E-state index contributed by atoms with van der Waals surface area (Å²) in [6.07, 6.45) is 4.47. The van der Waals surface area contributed by atoms with Crippen molar-refractivity contribution in [3.63, 3.8) is 0 Å². The maximum atomic E-state index is 11.0. The first-order valence-electron chi connectivity index (χ1n) is 4.57. The molecule has 0 spiro atoms. The number of carbonyl (C=O) groups is 1. The number of allylic oxidation sites excluding steroid dienone is 1. The molecule has 0 bridgehead atoms. The van der Waals surface area contributed by atoms with Gasteiger partial charge in [0, 0.05) is 0 Å². The minimum absolute atomic E-state index is 0.0980. The second-order valence-corrected chi connectivity index (χ2v) is 3.11. The zero-order valence-corrected chi connectivity index (χ0v) is 8.99. The van der Waals surface area contributed by atoms with Crippen LogP contribution < -0.4 is 5.73 Å². The monoisotopic (exact) mass is 198 g/mol. The van der Waals surface area contributed by atoms with Crippen molar-refractivity contribution in [3.05, 3.63) is 12.2 Å². The van der Waals surface area contributed by atoms with Gasteiger partial charge in [-0.3, -0.25) is 9.79 Å². The highest BCUT2D eigenvalue weighted by atomic mass is 16.5. The van der Waals surface area contributed by atoms with Crippen LogP contribution in [0.15, 0.2) is 17.1 Å². The zero-order valence-electron chi connectivity index (χ0n) is 8.99. The molecule has 0 aliphatic rings. The Hall–Kier alpha value is -1.32. The lowest BCUT2D eigenvalue weighted by Crippen LogP contribution is -2.11. The van der Waals surface area contributed by atoms with Gasteiger partial charge in [-0.25, -0.2) is 0 Å². The smallest absolute Gasteiger partial charge is 0.308 e. The van der Waals surface area contributed by atoms with Gasteiger partial charge in [-0.2, -0.15) is 0 Å². The second-order valence-electron chi connectivity index (χ2n) is 3.11. The second kappa shape index (κ2) is 7.12. The number of hydrogen-bond donors (Lipinski definition) is 1. The Morgan fingerprint density at radius 1 is 1.57 bits per heavy atom. The minimum Gasteiger partial charge on any atom is -0.469 e. The fourth-order valence-corrected chi connectivity index (χ4v) is 0.869. The van der Waals surface area contributed by atoms with Gasteiger partial charge in [0.1, 0.15) is 0 Å². The van der Waals surface area contributed by atoms with E-state index in [-0.39, 0.29) is 11.9 Å². The number of carbonyl (C=O) groups excluding carboxylic acids is 1. The van der Waals surface area contributed by atoms with Crippen LogP contribution in [0.2, 0.25) is 0 Å². The van der Waals surface area contributed by atoms with E-state index in [1.807, 2.05) is 19.1 Å². The zero-order chi connectivity index (χ0) is 11.0. The van der Waals surface area contributed by atoms with E-state index in [0.29, 0.717) is 18.8 Å². The van der Waals surface area contributed by atoms with Crippen LogP contribution in [0.25, 0.3) is 0 Å². The van der Waals surface area contributed by atoms with Gasteiger partial charge in [0.05, 0.1) is 25.4 Å². The number of ether oxygens (including phenoxy) is 1. The van der Waals surface area contributed by atoms with Gasteiger partial charge < -0.3 is 10.5 Å². The maximum absolute atomic E-state index is 11.0. The van der Waals surface area contributed by atoms with E-state index in [4.69, 9.17) is 5.73 Å². The normalized spacial score (nSPS) is 14.4. The first-order valence-corrected chi connectivity index (χ1v) is 4.57. The summed E-state index contributed by atoms with van der Waals surface area (Å²) in [5.41, 5.74) is 5.35. The van der Waals surface area contributed by atoms with Gasteiger partial charge >= 0.3 is 5.97 Å². The summed E-state index contributed by atoms with van der Waals surface area (Å²) in [4.78, 5) is 15.0. The van der Waals surface area contributed by atoms with Crippen molar-refractivity contribution in [1.82, 2.24) is 0 Å². The molecule has 0 amide bonds. The van der Waals surface area contributed by atoms with Crippen LogP contribution in [-0.4, -0.2) is 25.5 Å². The molecular weight excluding hydrogens is 180 g/mol. The van der Waals surface area contributed by atoms with Gasteiger partial charge in [-0.05, 0) is 13.3 Å². The van der Waals surface area contributed by atoms with Crippen LogP contribution >= 0.6 is 0 Å². The number of rotatable bonds is 5. The number of amidine groups is 1. The topological polar surface area (TPSA) is 64.7 Å². The first-order chi connectivity index (χ1) is 6.57. The standard InChI is InChI=1S/C10H18N2O2/c1-8(10(13)14-3)6-4-5-7-12-9(2)11/h4-5,8H,6-7H2,1-3H3,(H2,11,12)/b5-4+. The number of hydrogen-bond acceptors (Lipinski definition) is 3. The summed E-state index contributed by atoms with van der Waals surface area (Å²) < 4.78 is 4.59. The molecule has 80 valence electrons. The summed E-state index contributed by atoms with van der Waals surface area (Å²) in [6, 6.07) is 0. The first kappa shape index (κ1) is 12.7. The molecule has 4 heteroatoms. The molecule has 0 saturated heterocycles. The van der Waals surface area contributed by atoms with E-state index < -0.39 is 0 Å². The predicted molar refractivity (Wildman–Crippen MR) is 57.1 cm³/mol. The Morgan fingerprint density at radius 3 is 2.71 bits per heavy atom. The Labute approximate surface area is 84.8 Å². The third kappa shape index (κ3) is 6.22. The lowest BCUT2D eigenvalue weighted by molar-refractivity contribution is -0.144. The van der Waals surface area contributed by atoms with Crippen LogP contribution in [-0.2, 0) is 9.53 Å². The molecule has 0 fully saturated rings. The van der Waals surface area contributed by atoms with Crippen molar-refractivity contribution < 1.29 is 9.53 Å².